The molecule has 0 aliphatic carbocycles. The van der Waals surface area contributed by atoms with Gasteiger partial charge in [0.05, 0.1) is 20.8 Å². The van der Waals surface area contributed by atoms with Crippen LogP contribution in [0.25, 0.3) is 0 Å². The van der Waals surface area contributed by atoms with Crippen LogP contribution in [-0.4, -0.2) is 25.9 Å². The summed E-state index contributed by atoms with van der Waals surface area (Å²) in [5.41, 5.74) is 0.818. The number of aryl methyl sites for hydroxylation is 1. The van der Waals surface area contributed by atoms with Gasteiger partial charge in [0.25, 0.3) is 0 Å². The standard InChI is InChI=1S/C19H22BrFO3/c1-19(12-22,16-10-14(20)5-7-17(16)21)9-8-13-4-6-15(23-2)11-18(13)24-3/h4-7,10-11,22H,8-9,12H2,1-3H3/t19-/m0/s1. The highest BCUT2D eigenvalue weighted by Crippen LogP contribution is 2.34. The first-order valence-corrected chi connectivity index (χ1v) is 8.50. The monoisotopic (exact) mass is 396 g/mol. The van der Waals surface area contributed by atoms with Gasteiger partial charge in [0, 0.05) is 16.0 Å². The van der Waals surface area contributed by atoms with Gasteiger partial charge in [0.2, 0.25) is 0 Å². The number of hydrogen-bond donors (Lipinski definition) is 1. The summed E-state index contributed by atoms with van der Waals surface area (Å²) in [6, 6.07) is 10.4. The number of rotatable bonds is 7. The molecule has 0 amide bonds. The molecule has 2 rings (SSSR count). The van der Waals surface area contributed by atoms with Crippen molar-refractivity contribution in [1.82, 2.24) is 0 Å². The second kappa shape index (κ2) is 7.99. The van der Waals surface area contributed by atoms with Gasteiger partial charge in [0.15, 0.2) is 0 Å². The molecule has 2 aromatic carbocycles. The molecular formula is C19H22BrFO3. The summed E-state index contributed by atoms with van der Waals surface area (Å²) in [6.07, 6.45) is 1.23. The van der Waals surface area contributed by atoms with E-state index >= 15 is 0 Å². The fraction of sp³-hybridized carbons (Fsp3) is 0.368. The lowest BCUT2D eigenvalue weighted by Crippen LogP contribution is -2.29. The quantitative estimate of drug-likeness (QED) is 0.749. The van der Waals surface area contributed by atoms with Crippen molar-refractivity contribution in [2.24, 2.45) is 0 Å². The van der Waals surface area contributed by atoms with Gasteiger partial charge in [-0.3, -0.25) is 0 Å². The summed E-state index contributed by atoms with van der Waals surface area (Å²) in [6.45, 7) is 1.73. The highest BCUT2D eigenvalue weighted by atomic mass is 79.9. The van der Waals surface area contributed by atoms with Crippen LogP contribution in [0.4, 0.5) is 4.39 Å². The van der Waals surface area contributed by atoms with E-state index in [1.807, 2.05) is 25.1 Å². The number of ether oxygens (including phenoxy) is 2. The third kappa shape index (κ3) is 4.08. The summed E-state index contributed by atoms with van der Waals surface area (Å²) >= 11 is 3.37. The molecule has 5 heteroatoms. The normalized spacial score (nSPS) is 13.4. The molecule has 0 unspecified atom stereocenters. The van der Waals surface area contributed by atoms with Crippen LogP contribution in [0, 0.1) is 5.82 Å². The van der Waals surface area contributed by atoms with Gasteiger partial charge < -0.3 is 14.6 Å². The highest BCUT2D eigenvalue weighted by molar-refractivity contribution is 9.10. The molecule has 1 atom stereocenters. The topological polar surface area (TPSA) is 38.7 Å². The van der Waals surface area contributed by atoms with Crippen molar-refractivity contribution in [3.05, 3.63) is 57.8 Å². The van der Waals surface area contributed by atoms with Crippen molar-refractivity contribution in [2.45, 2.75) is 25.2 Å². The molecule has 0 radical (unpaired) electrons. The Morgan fingerprint density at radius 3 is 2.50 bits per heavy atom. The van der Waals surface area contributed by atoms with Crippen LogP contribution in [0.2, 0.25) is 0 Å². The van der Waals surface area contributed by atoms with Crippen LogP contribution in [0.15, 0.2) is 40.9 Å². The first kappa shape index (κ1) is 18.7. The average molecular weight is 397 g/mol. The predicted octanol–water partition coefficient (Wildman–Crippen LogP) is 4.49. The van der Waals surface area contributed by atoms with E-state index < -0.39 is 5.41 Å². The van der Waals surface area contributed by atoms with E-state index in [1.165, 1.54) is 6.07 Å². The zero-order valence-electron chi connectivity index (χ0n) is 14.1. The van der Waals surface area contributed by atoms with Crippen molar-refractivity contribution >= 4 is 15.9 Å². The number of methoxy groups -OCH3 is 2. The van der Waals surface area contributed by atoms with Crippen molar-refractivity contribution in [2.75, 3.05) is 20.8 Å². The molecule has 24 heavy (non-hydrogen) atoms. The third-order valence-electron chi connectivity index (χ3n) is 4.37. The van der Waals surface area contributed by atoms with Crippen LogP contribution in [0.3, 0.4) is 0 Å². The van der Waals surface area contributed by atoms with E-state index in [0.29, 0.717) is 18.4 Å². The van der Waals surface area contributed by atoms with Gasteiger partial charge in [-0.1, -0.05) is 28.9 Å². The summed E-state index contributed by atoms with van der Waals surface area (Å²) in [5, 5.41) is 9.91. The van der Waals surface area contributed by atoms with Crippen LogP contribution in [0.1, 0.15) is 24.5 Å². The third-order valence-corrected chi connectivity index (χ3v) is 4.86. The van der Waals surface area contributed by atoms with Crippen molar-refractivity contribution < 1.29 is 19.0 Å². The fourth-order valence-electron chi connectivity index (χ4n) is 2.73. The zero-order chi connectivity index (χ0) is 17.7. The molecule has 0 saturated heterocycles. The SMILES string of the molecule is COc1ccc(CC[C@@](C)(CO)c2cc(Br)ccc2F)c(OC)c1. The molecule has 0 fully saturated rings. The zero-order valence-corrected chi connectivity index (χ0v) is 15.7. The Balaban J connectivity index is 2.26. The molecule has 0 aromatic heterocycles. The Labute approximate surface area is 150 Å². The minimum absolute atomic E-state index is 0.140. The maximum atomic E-state index is 14.2. The maximum Gasteiger partial charge on any atom is 0.127 e. The van der Waals surface area contributed by atoms with E-state index in [1.54, 1.807) is 26.4 Å². The Morgan fingerprint density at radius 1 is 1.12 bits per heavy atom. The van der Waals surface area contributed by atoms with Gasteiger partial charge in [0.1, 0.15) is 17.3 Å². The van der Waals surface area contributed by atoms with Crippen LogP contribution >= 0.6 is 15.9 Å². The minimum Gasteiger partial charge on any atom is -0.497 e. The Morgan fingerprint density at radius 2 is 1.88 bits per heavy atom. The molecule has 0 spiro atoms. The summed E-state index contributed by atoms with van der Waals surface area (Å²) in [4.78, 5) is 0. The molecule has 130 valence electrons. The largest absolute Gasteiger partial charge is 0.497 e. The summed E-state index contributed by atoms with van der Waals surface area (Å²) in [5.74, 6) is 1.14. The van der Waals surface area contributed by atoms with Gasteiger partial charge in [-0.15, -0.1) is 0 Å². The molecule has 0 saturated carbocycles. The molecule has 2 aromatic rings. The summed E-state index contributed by atoms with van der Waals surface area (Å²) < 4.78 is 25.7. The fourth-order valence-corrected chi connectivity index (χ4v) is 3.09. The molecule has 0 aliphatic rings. The van der Waals surface area contributed by atoms with Crippen LogP contribution < -0.4 is 9.47 Å². The second-order valence-corrected chi connectivity index (χ2v) is 6.94. The second-order valence-electron chi connectivity index (χ2n) is 6.02. The Hall–Kier alpha value is -1.59. The van der Waals surface area contributed by atoms with Gasteiger partial charge >= 0.3 is 0 Å². The number of aliphatic hydroxyl groups excluding tert-OH is 1. The lowest BCUT2D eigenvalue weighted by atomic mass is 9.78. The van der Waals surface area contributed by atoms with Crippen molar-refractivity contribution in [1.29, 1.82) is 0 Å². The van der Waals surface area contributed by atoms with Gasteiger partial charge in [-0.2, -0.15) is 0 Å². The molecule has 0 heterocycles. The smallest absolute Gasteiger partial charge is 0.127 e. The van der Waals surface area contributed by atoms with E-state index in [4.69, 9.17) is 9.47 Å². The number of aliphatic hydroxyl groups is 1. The van der Waals surface area contributed by atoms with Crippen molar-refractivity contribution in [3.8, 4) is 11.5 Å². The number of hydrogen-bond acceptors (Lipinski definition) is 3. The average Bonchev–Trinajstić information content (AvgIpc) is 2.61. The predicted molar refractivity (Wildman–Crippen MR) is 96.4 cm³/mol. The lowest BCUT2D eigenvalue weighted by molar-refractivity contribution is 0.193. The van der Waals surface area contributed by atoms with Crippen molar-refractivity contribution in [3.63, 3.8) is 0 Å². The summed E-state index contributed by atoms with van der Waals surface area (Å²) in [7, 11) is 3.21. The molecule has 1 N–H and O–H groups in total. The van der Waals surface area contributed by atoms with E-state index in [0.717, 1.165) is 21.5 Å². The van der Waals surface area contributed by atoms with E-state index in [9.17, 15) is 9.50 Å². The van der Waals surface area contributed by atoms with Gasteiger partial charge in [-0.25, -0.2) is 4.39 Å². The Bertz CT molecular complexity index is 705. The van der Waals surface area contributed by atoms with Gasteiger partial charge in [-0.05, 0) is 48.2 Å². The van der Waals surface area contributed by atoms with Crippen LogP contribution in [0.5, 0.6) is 11.5 Å². The molecular weight excluding hydrogens is 375 g/mol. The molecule has 0 bridgehead atoms. The molecule has 0 aliphatic heterocycles. The first-order valence-electron chi connectivity index (χ1n) is 7.71. The van der Waals surface area contributed by atoms with E-state index in [2.05, 4.69) is 15.9 Å². The maximum absolute atomic E-state index is 14.2. The number of halogens is 2. The minimum atomic E-state index is -0.682. The first-order chi connectivity index (χ1) is 11.4. The van der Waals surface area contributed by atoms with Crippen LogP contribution in [-0.2, 0) is 11.8 Å². The Kier molecular flexibility index (Phi) is 6.24. The highest BCUT2D eigenvalue weighted by Gasteiger charge is 2.29. The number of benzene rings is 2. The lowest BCUT2D eigenvalue weighted by Gasteiger charge is -2.29. The molecule has 3 nitrogen and oxygen atoms in total. The van der Waals surface area contributed by atoms with E-state index in [-0.39, 0.29) is 12.4 Å².